The lowest BCUT2D eigenvalue weighted by atomic mass is 10.2. The van der Waals surface area contributed by atoms with Crippen molar-refractivity contribution in [2.45, 2.75) is 13.1 Å². The highest BCUT2D eigenvalue weighted by Gasteiger charge is 2.16. The maximum Gasteiger partial charge on any atom is 0.147 e. The monoisotopic (exact) mass is 193 g/mol. The molecule has 2 rings (SSSR count). The fourth-order valence-corrected chi connectivity index (χ4v) is 1.63. The van der Waals surface area contributed by atoms with Gasteiger partial charge in [-0.15, -0.1) is 10.2 Å². The Bertz CT molecular complexity index is 330. The predicted octanol–water partition coefficient (Wildman–Crippen LogP) is -0.391. The van der Waals surface area contributed by atoms with Crippen molar-refractivity contribution in [3.8, 4) is 0 Å². The zero-order chi connectivity index (χ0) is 9.97. The molecule has 14 heavy (non-hydrogen) atoms. The molecule has 2 heterocycles. The highest BCUT2D eigenvalue weighted by atomic mass is 15.3. The molecule has 0 saturated heterocycles. The van der Waals surface area contributed by atoms with E-state index in [0.717, 1.165) is 37.6 Å². The first-order chi connectivity index (χ1) is 6.79. The van der Waals surface area contributed by atoms with Crippen LogP contribution in [0.5, 0.6) is 0 Å². The number of rotatable bonds is 3. The van der Waals surface area contributed by atoms with Crippen LogP contribution in [0.1, 0.15) is 5.82 Å². The van der Waals surface area contributed by atoms with Crippen molar-refractivity contribution < 1.29 is 0 Å². The van der Waals surface area contributed by atoms with E-state index in [1.165, 1.54) is 0 Å². The fraction of sp³-hybridized carbons (Fsp3) is 0.556. The van der Waals surface area contributed by atoms with E-state index in [4.69, 9.17) is 5.73 Å². The molecular formula is C9H15N5. The minimum atomic E-state index is 0.559. The van der Waals surface area contributed by atoms with Crippen LogP contribution >= 0.6 is 0 Å². The highest BCUT2D eigenvalue weighted by molar-refractivity contribution is 5.01. The number of hydrogen-bond donors (Lipinski definition) is 1. The minimum absolute atomic E-state index is 0.559. The molecule has 0 aromatic carbocycles. The van der Waals surface area contributed by atoms with E-state index in [9.17, 15) is 0 Å². The third-order valence-electron chi connectivity index (χ3n) is 2.45. The predicted molar refractivity (Wildman–Crippen MR) is 53.5 cm³/mol. The van der Waals surface area contributed by atoms with Crippen molar-refractivity contribution in [3.63, 3.8) is 0 Å². The van der Waals surface area contributed by atoms with Gasteiger partial charge in [0.05, 0.1) is 6.54 Å². The second-order valence-electron chi connectivity index (χ2n) is 3.61. The summed E-state index contributed by atoms with van der Waals surface area (Å²) in [5.41, 5.74) is 6.57. The van der Waals surface area contributed by atoms with Crippen LogP contribution in [0.2, 0.25) is 0 Å². The van der Waals surface area contributed by atoms with Gasteiger partial charge < -0.3 is 10.3 Å². The molecule has 76 valence electrons. The van der Waals surface area contributed by atoms with Crippen molar-refractivity contribution in [1.82, 2.24) is 19.7 Å². The summed E-state index contributed by atoms with van der Waals surface area (Å²) in [6.45, 7) is 8.15. The van der Waals surface area contributed by atoms with Gasteiger partial charge in [0.2, 0.25) is 0 Å². The van der Waals surface area contributed by atoms with Gasteiger partial charge in [-0.2, -0.15) is 0 Å². The molecule has 1 aromatic rings. The van der Waals surface area contributed by atoms with Crippen molar-refractivity contribution >= 4 is 0 Å². The van der Waals surface area contributed by atoms with Crippen LogP contribution in [0.25, 0.3) is 0 Å². The summed E-state index contributed by atoms with van der Waals surface area (Å²) in [6, 6.07) is 0. The maximum atomic E-state index is 5.50. The molecule has 1 aliphatic rings. The Labute approximate surface area is 83.2 Å². The van der Waals surface area contributed by atoms with Crippen LogP contribution in [0.3, 0.4) is 0 Å². The maximum absolute atomic E-state index is 5.50. The second kappa shape index (κ2) is 3.89. The van der Waals surface area contributed by atoms with Crippen molar-refractivity contribution in [2.24, 2.45) is 5.73 Å². The normalized spacial score (nSPS) is 16.6. The lowest BCUT2D eigenvalue weighted by Gasteiger charge is -2.27. The van der Waals surface area contributed by atoms with Crippen LogP contribution < -0.4 is 5.73 Å². The zero-order valence-corrected chi connectivity index (χ0v) is 8.19. The summed E-state index contributed by atoms with van der Waals surface area (Å²) >= 11 is 0. The summed E-state index contributed by atoms with van der Waals surface area (Å²) in [6.07, 6.45) is 1.78. The molecule has 0 fully saturated rings. The largest absolute Gasteiger partial charge is 0.327 e. The van der Waals surface area contributed by atoms with Gasteiger partial charge in [-0.1, -0.05) is 6.58 Å². The molecule has 5 heteroatoms. The van der Waals surface area contributed by atoms with Crippen LogP contribution in [0.4, 0.5) is 0 Å². The van der Waals surface area contributed by atoms with E-state index in [-0.39, 0.29) is 0 Å². The van der Waals surface area contributed by atoms with Gasteiger partial charge in [-0.05, 0) is 5.57 Å². The molecule has 0 saturated carbocycles. The Morgan fingerprint density at radius 1 is 1.57 bits per heavy atom. The molecular weight excluding hydrogens is 178 g/mol. The zero-order valence-electron chi connectivity index (χ0n) is 8.19. The van der Waals surface area contributed by atoms with Crippen molar-refractivity contribution in [1.29, 1.82) is 0 Å². The van der Waals surface area contributed by atoms with Gasteiger partial charge >= 0.3 is 0 Å². The van der Waals surface area contributed by atoms with Gasteiger partial charge in [0.25, 0.3) is 0 Å². The van der Waals surface area contributed by atoms with Crippen molar-refractivity contribution in [2.75, 3.05) is 19.6 Å². The Kier molecular flexibility index (Phi) is 2.60. The molecule has 0 unspecified atom stereocenters. The van der Waals surface area contributed by atoms with Gasteiger partial charge in [-0.3, -0.25) is 4.90 Å². The lowest BCUT2D eigenvalue weighted by Crippen LogP contribution is -2.35. The fourth-order valence-electron chi connectivity index (χ4n) is 1.63. The Morgan fingerprint density at radius 3 is 3.21 bits per heavy atom. The summed E-state index contributed by atoms with van der Waals surface area (Å²) in [5, 5.41) is 7.93. The molecule has 0 aliphatic carbocycles. The summed E-state index contributed by atoms with van der Waals surface area (Å²) in [4.78, 5) is 2.29. The first kappa shape index (κ1) is 9.36. The van der Waals surface area contributed by atoms with Crippen LogP contribution in [0, 0.1) is 0 Å². The topological polar surface area (TPSA) is 60.0 Å². The van der Waals surface area contributed by atoms with E-state index in [2.05, 4.69) is 26.2 Å². The first-order valence-corrected chi connectivity index (χ1v) is 4.75. The molecule has 0 bridgehead atoms. The lowest BCUT2D eigenvalue weighted by molar-refractivity contribution is 0.234. The molecule has 0 atom stereocenters. The summed E-state index contributed by atoms with van der Waals surface area (Å²) in [7, 11) is 0. The van der Waals surface area contributed by atoms with E-state index in [0.29, 0.717) is 6.54 Å². The summed E-state index contributed by atoms with van der Waals surface area (Å²) in [5.74, 6) is 1.03. The number of nitrogens with zero attached hydrogens (tertiary/aromatic N) is 4. The minimum Gasteiger partial charge on any atom is -0.327 e. The van der Waals surface area contributed by atoms with Crippen LogP contribution in [-0.4, -0.2) is 39.3 Å². The van der Waals surface area contributed by atoms with Crippen molar-refractivity contribution in [3.05, 3.63) is 24.3 Å². The molecule has 0 amide bonds. The quantitative estimate of drug-likeness (QED) is 0.664. The Balaban J connectivity index is 1.97. The van der Waals surface area contributed by atoms with E-state index in [1.807, 2.05) is 0 Å². The second-order valence-corrected chi connectivity index (χ2v) is 3.61. The standard InChI is InChI=1S/C9H15N5/c1-8(4-10)5-13-2-3-14-7-11-12-9(14)6-13/h7H,1-6,10H2. The number of aromatic nitrogens is 3. The Morgan fingerprint density at radius 2 is 2.43 bits per heavy atom. The SMILES string of the molecule is C=C(CN)CN1CCn2cnnc2C1. The molecule has 5 nitrogen and oxygen atoms in total. The van der Waals surface area contributed by atoms with Gasteiger partial charge in [-0.25, -0.2) is 0 Å². The van der Waals surface area contributed by atoms with Crippen LogP contribution in [-0.2, 0) is 13.1 Å². The third kappa shape index (κ3) is 1.83. The smallest absolute Gasteiger partial charge is 0.147 e. The van der Waals surface area contributed by atoms with E-state index in [1.54, 1.807) is 6.33 Å². The van der Waals surface area contributed by atoms with Gasteiger partial charge in [0, 0.05) is 26.2 Å². The average Bonchev–Trinajstić information content (AvgIpc) is 2.64. The Hall–Kier alpha value is -1.20. The molecule has 2 N–H and O–H groups in total. The summed E-state index contributed by atoms with van der Waals surface area (Å²) < 4.78 is 2.09. The molecule has 0 radical (unpaired) electrons. The molecule has 1 aliphatic heterocycles. The van der Waals surface area contributed by atoms with Crippen LogP contribution in [0.15, 0.2) is 18.5 Å². The van der Waals surface area contributed by atoms with Gasteiger partial charge in [0.15, 0.2) is 0 Å². The highest BCUT2D eigenvalue weighted by Crippen LogP contribution is 2.09. The van der Waals surface area contributed by atoms with E-state index >= 15 is 0 Å². The number of nitrogens with two attached hydrogens (primary N) is 1. The molecule has 1 aromatic heterocycles. The first-order valence-electron chi connectivity index (χ1n) is 4.75. The number of hydrogen-bond acceptors (Lipinski definition) is 4. The van der Waals surface area contributed by atoms with Gasteiger partial charge in [0.1, 0.15) is 12.2 Å². The molecule has 0 spiro atoms. The number of fused-ring (bicyclic) bond motifs is 1. The average molecular weight is 193 g/mol. The third-order valence-corrected chi connectivity index (χ3v) is 2.45. The van der Waals surface area contributed by atoms with E-state index < -0.39 is 0 Å².